The maximum Gasteiger partial charge on any atom is 2.00 e. The second-order valence-corrected chi connectivity index (χ2v) is 1.87. The molecule has 0 saturated heterocycles. The van der Waals surface area contributed by atoms with Gasteiger partial charge in [-0.1, -0.05) is 0 Å². The normalized spacial score (nSPS) is 7.75. The summed E-state index contributed by atoms with van der Waals surface area (Å²) in [6, 6.07) is 22.0. The van der Waals surface area contributed by atoms with Gasteiger partial charge in [0.05, 0.1) is 0 Å². The van der Waals surface area contributed by atoms with Crippen LogP contribution in [0.2, 0.25) is 5.02 Å². The quantitative estimate of drug-likeness (QED) is 0.462. The predicted octanol–water partition coefficient (Wildman–Crippen LogP) is 1.86. The summed E-state index contributed by atoms with van der Waals surface area (Å²) in [5.41, 5.74) is 0. The molecular formula is C10HClFe-8. The largest absolute Gasteiger partial charge is 2.00 e. The minimum atomic E-state index is 0. The van der Waals surface area contributed by atoms with E-state index in [2.05, 4.69) is 48.5 Å². The van der Waals surface area contributed by atoms with Crippen molar-refractivity contribution >= 4 is 11.6 Å². The van der Waals surface area contributed by atoms with Crippen molar-refractivity contribution in [1.29, 1.82) is 0 Å². The van der Waals surface area contributed by atoms with Crippen LogP contribution in [0.1, 0.15) is 0 Å². The van der Waals surface area contributed by atoms with Crippen LogP contribution in [0.5, 0.6) is 0 Å². The Morgan fingerprint density at radius 3 is 1.58 bits per heavy atom. The molecule has 2 rings (SSSR count). The number of halogens is 1. The first-order valence-electron chi connectivity index (χ1n) is 2.77. The zero-order valence-corrected chi connectivity index (χ0v) is 7.67. The van der Waals surface area contributed by atoms with Gasteiger partial charge in [-0.15, -0.1) is 0 Å². The Hall–Kier alpha value is -0.491. The maximum absolute atomic E-state index is 5.28. The van der Waals surface area contributed by atoms with Crippen molar-refractivity contribution < 1.29 is 17.1 Å². The van der Waals surface area contributed by atoms with E-state index >= 15 is 0 Å². The maximum atomic E-state index is 5.28. The summed E-state index contributed by atoms with van der Waals surface area (Å²) in [5, 5.41) is 0.454. The van der Waals surface area contributed by atoms with E-state index in [9.17, 15) is 0 Å². The Kier molecular flexibility index (Phi) is 6.88. The van der Waals surface area contributed by atoms with Crippen LogP contribution in [0, 0.1) is 48.5 Å². The van der Waals surface area contributed by atoms with Crippen molar-refractivity contribution in [1.82, 2.24) is 0 Å². The molecule has 0 bridgehead atoms. The van der Waals surface area contributed by atoms with E-state index in [0.717, 1.165) is 0 Å². The van der Waals surface area contributed by atoms with Gasteiger partial charge < -0.3 is 71.2 Å². The summed E-state index contributed by atoms with van der Waals surface area (Å²) >= 11 is 5.28. The second kappa shape index (κ2) is 7.17. The summed E-state index contributed by atoms with van der Waals surface area (Å²) in [6.07, 6.45) is 0. The fourth-order valence-corrected chi connectivity index (χ4v) is 0.478. The molecule has 0 spiro atoms. The van der Waals surface area contributed by atoms with E-state index in [-0.39, 0.29) is 17.1 Å². The van der Waals surface area contributed by atoms with Crippen LogP contribution in [0.3, 0.4) is 0 Å². The van der Waals surface area contributed by atoms with E-state index in [1.54, 1.807) is 6.07 Å². The Morgan fingerprint density at radius 2 is 1.42 bits per heavy atom. The molecule has 0 amide bonds. The molecule has 0 unspecified atom stereocenters. The molecule has 0 N–H and O–H groups in total. The zero-order chi connectivity index (χ0) is 7.94. The SMILES string of the molecule is Cl[c-]1[c-][c-][c-][c-]1.[Fe+2].[c-]1[c-][c-][cH-][c-]1. The van der Waals surface area contributed by atoms with Crippen LogP contribution in [0.4, 0.5) is 0 Å². The molecule has 0 aliphatic carbocycles. The molecule has 0 heterocycles. The van der Waals surface area contributed by atoms with Gasteiger partial charge in [-0.25, -0.2) is 0 Å². The van der Waals surface area contributed by atoms with E-state index in [4.69, 9.17) is 11.6 Å². The minimum absolute atomic E-state index is 0. The predicted molar refractivity (Wildman–Crippen MR) is 39.8 cm³/mol. The standard InChI is InChI=1S/C5Cl.C5H.Fe/c6-5-3-1-2-4-5;1-2-4-5-3-1;/h;1H;/q2*-5;+2. The van der Waals surface area contributed by atoms with Gasteiger partial charge in [-0.3, -0.25) is 0 Å². The molecule has 0 atom stereocenters. The Bertz CT molecular complexity index is 228. The van der Waals surface area contributed by atoms with Crippen LogP contribution in [-0.2, 0) is 17.1 Å². The van der Waals surface area contributed by atoms with Crippen molar-refractivity contribution in [3.8, 4) is 0 Å². The van der Waals surface area contributed by atoms with E-state index in [1.807, 2.05) is 0 Å². The van der Waals surface area contributed by atoms with Gasteiger partial charge in [-0.2, -0.15) is 0 Å². The first-order chi connectivity index (χ1) is 5.39. The van der Waals surface area contributed by atoms with Crippen LogP contribution >= 0.6 is 11.6 Å². The summed E-state index contributed by atoms with van der Waals surface area (Å²) in [6.45, 7) is 0. The minimum Gasteiger partial charge on any atom is -0.999 e. The van der Waals surface area contributed by atoms with Crippen molar-refractivity contribution in [2.24, 2.45) is 0 Å². The van der Waals surface area contributed by atoms with Crippen LogP contribution in [0.25, 0.3) is 0 Å². The molecule has 0 aliphatic heterocycles. The molecule has 0 nitrogen and oxygen atoms in total. The monoisotopic (exact) mass is 212 g/mol. The Balaban J connectivity index is 0.000000189. The van der Waals surface area contributed by atoms with Gasteiger partial charge in [0.1, 0.15) is 0 Å². The molecular weight excluding hydrogens is 211 g/mol. The van der Waals surface area contributed by atoms with Crippen molar-refractivity contribution in [2.75, 3.05) is 0 Å². The Labute approximate surface area is 88.4 Å². The zero-order valence-electron chi connectivity index (χ0n) is 5.81. The molecule has 64 valence electrons. The molecule has 0 aliphatic rings. The first-order valence-corrected chi connectivity index (χ1v) is 3.14. The van der Waals surface area contributed by atoms with Gasteiger partial charge in [-0.05, 0) is 0 Å². The van der Waals surface area contributed by atoms with Crippen molar-refractivity contribution in [3.63, 3.8) is 0 Å². The summed E-state index contributed by atoms with van der Waals surface area (Å²) in [5.74, 6) is 0. The third-order valence-electron chi connectivity index (χ3n) is 0.758. The van der Waals surface area contributed by atoms with Gasteiger partial charge in [0.2, 0.25) is 0 Å². The Morgan fingerprint density at radius 1 is 0.917 bits per heavy atom. The van der Waals surface area contributed by atoms with Crippen LogP contribution in [0.15, 0.2) is 6.07 Å². The summed E-state index contributed by atoms with van der Waals surface area (Å²) in [4.78, 5) is 0. The fraction of sp³-hybridized carbons (Fsp3) is 0. The van der Waals surface area contributed by atoms with Crippen molar-refractivity contribution in [2.45, 2.75) is 0 Å². The third-order valence-corrected chi connectivity index (χ3v) is 0.947. The second-order valence-electron chi connectivity index (χ2n) is 1.50. The third kappa shape index (κ3) is 5.20. The molecule has 0 fully saturated rings. The first kappa shape index (κ1) is 11.5. The number of rotatable bonds is 0. The molecule has 2 aromatic carbocycles. The van der Waals surface area contributed by atoms with Crippen molar-refractivity contribution in [3.05, 3.63) is 59.6 Å². The molecule has 2 heteroatoms. The molecule has 0 radical (unpaired) electrons. The molecule has 0 aromatic heterocycles. The van der Waals surface area contributed by atoms with E-state index in [0.29, 0.717) is 5.02 Å². The average Bonchev–Trinajstić information content (AvgIpc) is 2.57. The fourth-order valence-electron chi connectivity index (χ4n) is 0.384. The summed E-state index contributed by atoms with van der Waals surface area (Å²) in [7, 11) is 0. The molecule has 12 heavy (non-hydrogen) atoms. The molecule has 0 saturated carbocycles. The van der Waals surface area contributed by atoms with Crippen LogP contribution in [-0.4, -0.2) is 0 Å². The topological polar surface area (TPSA) is 0 Å². The summed E-state index contributed by atoms with van der Waals surface area (Å²) < 4.78 is 0. The van der Waals surface area contributed by atoms with Gasteiger partial charge in [0.25, 0.3) is 0 Å². The van der Waals surface area contributed by atoms with E-state index < -0.39 is 0 Å². The van der Waals surface area contributed by atoms with Gasteiger partial charge >= 0.3 is 17.1 Å². The van der Waals surface area contributed by atoms with Crippen LogP contribution < -0.4 is 0 Å². The number of hydrogen-bond acceptors (Lipinski definition) is 0. The molecule has 2 aromatic rings. The smallest absolute Gasteiger partial charge is 0.999 e. The average molecular weight is 212 g/mol. The van der Waals surface area contributed by atoms with Gasteiger partial charge in [0.15, 0.2) is 0 Å². The van der Waals surface area contributed by atoms with E-state index in [1.165, 1.54) is 0 Å². The number of hydrogen-bond donors (Lipinski definition) is 0. The van der Waals surface area contributed by atoms with Gasteiger partial charge in [0, 0.05) is 0 Å².